The Labute approximate surface area is 112 Å². The number of hydrogen-bond donors (Lipinski definition) is 0. The van der Waals surface area contributed by atoms with Crippen LogP contribution in [0.3, 0.4) is 0 Å². The monoisotopic (exact) mass is 254 g/mol. The van der Waals surface area contributed by atoms with Crippen molar-refractivity contribution in [3.63, 3.8) is 0 Å². The molecule has 2 aliphatic rings. The van der Waals surface area contributed by atoms with E-state index in [4.69, 9.17) is 0 Å². The van der Waals surface area contributed by atoms with Crippen LogP contribution in [0.15, 0.2) is 0 Å². The first kappa shape index (κ1) is 14.3. The highest BCUT2D eigenvalue weighted by atomic mass is 15.7. The Bertz CT molecular complexity index is 249. The number of hydrogen-bond acceptors (Lipinski definition) is 4. The summed E-state index contributed by atoms with van der Waals surface area (Å²) in [7, 11) is 2.24. The highest BCUT2D eigenvalue weighted by molar-refractivity contribution is 4.84. The minimum absolute atomic E-state index is 0.643. The first-order valence-corrected chi connectivity index (χ1v) is 7.45. The highest BCUT2D eigenvalue weighted by Crippen LogP contribution is 2.19. The van der Waals surface area contributed by atoms with E-state index < -0.39 is 0 Å². The molecule has 0 aromatic carbocycles. The molecule has 0 aromatic heterocycles. The predicted molar refractivity (Wildman–Crippen MR) is 76.5 cm³/mol. The van der Waals surface area contributed by atoms with Crippen LogP contribution >= 0.6 is 0 Å². The van der Waals surface area contributed by atoms with Gasteiger partial charge in [-0.25, -0.2) is 10.0 Å². The molecule has 0 amide bonds. The molecule has 2 heterocycles. The Hall–Kier alpha value is -0.160. The van der Waals surface area contributed by atoms with Crippen molar-refractivity contribution >= 4 is 0 Å². The fourth-order valence-electron chi connectivity index (χ4n) is 3.59. The Balaban J connectivity index is 1.92. The largest absolute Gasteiger partial charge is 0.303 e. The molecule has 2 rings (SSSR count). The average molecular weight is 254 g/mol. The van der Waals surface area contributed by atoms with Gasteiger partial charge in [-0.2, -0.15) is 0 Å². The molecule has 0 aromatic rings. The average Bonchev–Trinajstić information content (AvgIpc) is 2.28. The van der Waals surface area contributed by atoms with E-state index in [2.05, 4.69) is 54.6 Å². The van der Waals surface area contributed by atoms with E-state index in [1.165, 1.54) is 39.3 Å². The van der Waals surface area contributed by atoms with Crippen molar-refractivity contribution in [2.45, 2.75) is 45.8 Å². The molecule has 0 N–H and O–H groups in total. The number of likely N-dealkylation sites (N-methyl/N-ethyl adjacent to an activating group) is 1. The fourth-order valence-corrected chi connectivity index (χ4v) is 3.59. The number of nitrogens with zero attached hydrogens (tertiary/aromatic N) is 4. The molecule has 0 bridgehead atoms. The van der Waals surface area contributed by atoms with Crippen molar-refractivity contribution in [1.29, 1.82) is 0 Å². The third-order valence-corrected chi connectivity index (χ3v) is 4.40. The van der Waals surface area contributed by atoms with Crippen LogP contribution in [-0.2, 0) is 0 Å². The second kappa shape index (κ2) is 5.87. The fraction of sp³-hybridized carbons (Fsp3) is 1.00. The first-order valence-electron chi connectivity index (χ1n) is 7.45. The lowest BCUT2D eigenvalue weighted by atomic mass is 10.1. The smallest absolute Gasteiger partial charge is 0.0348 e. The summed E-state index contributed by atoms with van der Waals surface area (Å²) in [4.78, 5) is 5.04. The molecule has 2 unspecified atom stereocenters. The van der Waals surface area contributed by atoms with Crippen LogP contribution in [0.25, 0.3) is 0 Å². The van der Waals surface area contributed by atoms with E-state index in [9.17, 15) is 0 Å². The molecule has 0 radical (unpaired) electrons. The molecule has 4 nitrogen and oxygen atoms in total. The lowest BCUT2D eigenvalue weighted by Gasteiger charge is -2.51. The van der Waals surface area contributed by atoms with Gasteiger partial charge >= 0.3 is 0 Å². The van der Waals surface area contributed by atoms with Crippen molar-refractivity contribution in [2.24, 2.45) is 0 Å². The van der Waals surface area contributed by atoms with Gasteiger partial charge < -0.3 is 4.90 Å². The molecule has 2 aliphatic heterocycles. The summed E-state index contributed by atoms with van der Waals surface area (Å²) >= 11 is 0. The maximum absolute atomic E-state index is 2.64. The standard InChI is InChI=1S/C14H30N4/c1-12(2)16-6-8-17(9-7-16)18-13(3)10-15(5)11-14(18)4/h12-14H,6-11H2,1-5H3. The molecule has 2 atom stereocenters. The van der Waals surface area contributed by atoms with Crippen LogP contribution in [0.5, 0.6) is 0 Å². The lowest BCUT2D eigenvalue weighted by Crippen LogP contribution is -2.65. The van der Waals surface area contributed by atoms with Crippen LogP contribution < -0.4 is 0 Å². The molecule has 106 valence electrons. The molecule has 0 spiro atoms. The van der Waals surface area contributed by atoms with Gasteiger partial charge in [-0.3, -0.25) is 4.90 Å². The predicted octanol–water partition coefficient (Wildman–Crippen LogP) is 0.952. The normalized spacial score (nSPS) is 34.3. The molecule has 0 saturated carbocycles. The van der Waals surface area contributed by atoms with Crippen molar-refractivity contribution < 1.29 is 0 Å². The van der Waals surface area contributed by atoms with E-state index in [0.717, 1.165) is 0 Å². The van der Waals surface area contributed by atoms with Crippen molar-refractivity contribution in [2.75, 3.05) is 46.3 Å². The molecule has 2 fully saturated rings. The second-order valence-corrected chi connectivity index (χ2v) is 6.38. The lowest BCUT2D eigenvalue weighted by molar-refractivity contribution is -0.137. The third kappa shape index (κ3) is 3.05. The maximum atomic E-state index is 2.64. The van der Waals surface area contributed by atoms with Crippen LogP contribution in [0.1, 0.15) is 27.7 Å². The minimum atomic E-state index is 0.643. The quantitative estimate of drug-likeness (QED) is 0.727. The Morgan fingerprint density at radius 1 is 0.889 bits per heavy atom. The summed E-state index contributed by atoms with van der Waals surface area (Å²) in [6.07, 6.45) is 0. The summed E-state index contributed by atoms with van der Waals surface area (Å²) < 4.78 is 0. The van der Waals surface area contributed by atoms with E-state index in [-0.39, 0.29) is 0 Å². The summed E-state index contributed by atoms with van der Waals surface area (Å²) in [6, 6.07) is 1.98. The van der Waals surface area contributed by atoms with Crippen LogP contribution in [-0.4, -0.2) is 84.3 Å². The SMILES string of the molecule is CC(C)N1CCN(N2C(C)CN(C)CC2C)CC1. The van der Waals surface area contributed by atoms with Gasteiger partial charge in [0, 0.05) is 57.4 Å². The van der Waals surface area contributed by atoms with Gasteiger partial charge in [0.25, 0.3) is 0 Å². The molecule has 4 heteroatoms. The van der Waals surface area contributed by atoms with E-state index >= 15 is 0 Å². The number of piperazine rings is 2. The molecule has 2 saturated heterocycles. The highest BCUT2D eigenvalue weighted by Gasteiger charge is 2.33. The number of rotatable bonds is 2. The second-order valence-electron chi connectivity index (χ2n) is 6.38. The number of hydrazine groups is 1. The van der Waals surface area contributed by atoms with E-state index in [1.54, 1.807) is 0 Å². The maximum Gasteiger partial charge on any atom is 0.0348 e. The van der Waals surface area contributed by atoms with Gasteiger partial charge in [-0.05, 0) is 34.7 Å². The van der Waals surface area contributed by atoms with Gasteiger partial charge in [0.2, 0.25) is 0 Å². The Kier molecular flexibility index (Phi) is 4.64. The summed E-state index contributed by atoms with van der Waals surface area (Å²) in [5.74, 6) is 0. The zero-order chi connectivity index (χ0) is 13.3. The van der Waals surface area contributed by atoms with Gasteiger partial charge in [0.1, 0.15) is 0 Å². The van der Waals surface area contributed by atoms with Crippen LogP contribution in [0.4, 0.5) is 0 Å². The topological polar surface area (TPSA) is 13.0 Å². The van der Waals surface area contributed by atoms with E-state index in [1.807, 2.05) is 0 Å². The molecule has 18 heavy (non-hydrogen) atoms. The summed E-state index contributed by atoms with van der Waals surface area (Å²) in [5, 5.41) is 5.24. The summed E-state index contributed by atoms with van der Waals surface area (Å²) in [5.41, 5.74) is 0. The third-order valence-electron chi connectivity index (χ3n) is 4.40. The van der Waals surface area contributed by atoms with Crippen molar-refractivity contribution in [3.05, 3.63) is 0 Å². The zero-order valence-electron chi connectivity index (χ0n) is 12.8. The molecular weight excluding hydrogens is 224 g/mol. The van der Waals surface area contributed by atoms with Gasteiger partial charge in [0.15, 0.2) is 0 Å². The molecule has 0 aliphatic carbocycles. The van der Waals surface area contributed by atoms with E-state index in [0.29, 0.717) is 18.1 Å². The van der Waals surface area contributed by atoms with Gasteiger partial charge in [-0.15, -0.1) is 0 Å². The minimum Gasteiger partial charge on any atom is -0.303 e. The van der Waals surface area contributed by atoms with Crippen molar-refractivity contribution in [3.8, 4) is 0 Å². The van der Waals surface area contributed by atoms with Crippen LogP contribution in [0.2, 0.25) is 0 Å². The summed E-state index contributed by atoms with van der Waals surface area (Å²) in [6.45, 7) is 16.5. The van der Waals surface area contributed by atoms with Crippen molar-refractivity contribution in [1.82, 2.24) is 19.8 Å². The zero-order valence-corrected chi connectivity index (χ0v) is 12.8. The van der Waals surface area contributed by atoms with Gasteiger partial charge in [0.05, 0.1) is 0 Å². The Morgan fingerprint density at radius 2 is 1.39 bits per heavy atom. The molecular formula is C14H30N4. The van der Waals surface area contributed by atoms with Crippen LogP contribution in [0, 0.1) is 0 Å². The Morgan fingerprint density at radius 3 is 1.83 bits per heavy atom. The van der Waals surface area contributed by atoms with Gasteiger partial charge in [-0.1, -0.05) is 0 Å². The first-order chi connectivity index (χ1) is 8.49.